The number of benzene rings is 1. The van der Waals surface area contributed by atoms with E-state index < -0.39 is 5.97 Å². The highest BCUT2D eigenvalue weighted by molar-refractivity contribution is 9.10. The third-order valence-electron chi connectivity index (χ3n) is 3.11. The Labute approximate surface area is 134 Å². The zero-order valence-corrected chi connectivity index (χ0v) is 13.0. The summed E-state index contributed by atoms with van der Waals surface area (Å²) in [7, 11) is 1.30. The Kier molecular flexibility index (Phi) is 3.61. The van der Waals surface area contributed by atoms with Crippen LogP contribution in [0.1, 0.15) is 16.2 Å². The van der Waals surface area contributed by atoms with E-state index in [-0.39, 0.29) is 11.4 Å². The maximum atomic E-state index is 11.9. The van der Waals surface area contributed by atoms with Gasteiger partial charge in [0.1, 0.15) is 11.8 Å². The van der Waals surface area contributed by atoms with Crippen molar-refractivity contribution in [2.75, 3.05) is 7.11 Å². The number of pyridine rings is 1. The highest BCUT2D eigenvalue weighted by Crippen LogP contribution is 2.24. The van der Waals surface area contributed by atoms with Gasteiger partial charge in [-0.1, -0.05) is 22.0 Å². The number of methoxy groups -OCH3 is 1. The van der Waals surface area contributed by atoms with Crippen LogP contribution in [0.15, 0.2) is 41.0 Å². The Morgan fingerprint density at radius 1 is 1.41 bits per heavy atom. The van der Waals surface area contributed by atoms with Crippen LogP contribution in [0, 0.1) is 11.3 Å². The zero-order valence-electron chi connectivity index (χ0n) is 11.4. The van der Waals surface area contributed by atoms with Gasteiger partial charge >= 0.3 is 5.97 Å². The Morgan fingerprint density at radius 3 is 2.91 bits per heavy atom. The normalized spacial score (nSPS) is 10.4. The van der Waals surface area contributed by atoms with Gasteiger partial charge in [0.25, 0.3) is 0 Å². The van der Waals surface area contributed by atoms with Crippen LogP contribution in [-0.2, 0) is 4.74 Å². The molecule has 0 fully saturated rings. The number of fused-ring (bicyclic) bond motifs is 1. The number of nitriles is 1. The maximum Gasteiger partial charge on any atom is 0.359 e. The van der Waals surface area contributed by atoms with Crippen LogP contribution in [0.3, 0.4) is 0 Å². The summed E-state index contributed by atoms with van der Waals surface area (Å²) in [6.45, 7) is 0. The van der Waals surface area contributed by atoms with E-state index >= 15 is 0 Å². The van der Waals surface area contributed by atoms with Gasteiger partial charge < -0.3 is 4.74 Å². The molecule has 0 spiro atoms. The number of ether oxygens (including phenoxy) is 1. The van der Waals surface area contributed by atoms with E-state index in [1.807, 2.05) is 30.3 Å². The van der Waals surface area contributed by atoms with Crippen molar-refractivity contribution >= 4 is 32.8 Å². The van der Waals surface area contributed by atoms with Gasteiger partial charge in [-0.2, -0.15) is 10.4 Å². The van der Waals surface area contributed by atoms with Gasteiger partial charge in [0.2, 0.25) is 0 Å². The molecule has 0 aliphatic heterocycles. The molecule has 0 amide bonds. The van der Waals surface area contributed by atoms with E-state index in [0.717, 1.165) is 10.2 Å². The molecule has 0 bridgehead atoms. The predicted molar refractivity (Wildman–Crippen MR) is 82.6 cm³/mol. The van der Waals surface area contributed by atoms with E-state index in [0.29, 0.717) is 10.9 Å². The molecule has 0 atom stereocenters. The molecule has 108 valence electrons. The molecule has 7 heteroatoms. The molecule has 0 aliphatic rings. The Balaban J connectivity index is 2.33. The quantitative estimate of drug-likeness (QED) is 0.659. The number of nitrogens with zero attached hydrogens (tertiary/aromatic N) is 4. The standard InChI is InChI=1S/C15H9BrN4O2/c1-22-15(21)14-12-8-18-10(7-17)6-13(12)20(19-14)11-4-2-3-9(16)5-11/h2-6,8H,1H3. The second-order valence-corrected chi connectivity index (χ2v) is 5.35. The van der Waals surface area contributed by atoms with Crippen LogP contribution < -0.4 is 0 Å². The third kappa shape index (κ3) is 2.34. The number of aromatic nitrogens is 3. The average molecular weight is 357 g/mol. The van der Waals surface area contributed by atoms with Gasteiger partial charge in [-0.25, -0.2) is 14.5 Å². The lowest BCUT2D eigenvalue weighted by molar-refractivity contribution is 0.0595. The number of carbonyl (C=O) groups excluding carboxylic acids is 1. The second kappa shape index (κ2) is 5.58. The number of carbonyl (C=O) groups is 1. The van der Waals surface area contributed by atoms with Gasteiger partial charge in [-0.05, 0) is 18.2 Å². The molecular formula is C15H9BrN4O2. The van der Waals surface area contributed by atoms with E-state index in [2.05, 4.69) is 26.0 Å². The lowest BCUT2D eigenvalue weighted by atomic mass is 10.2. The van der Waals surface area contributed by atoms with Gasteiger partial charge in [0.15, 0.2) is 5.69 Å². The molecule has 2 aromatic heterocycles. The number of hydrogen-bond donors (Lipinski definition) is 0. The van der Waals surface area contributed by atoms with Crippen LogP contribution >= 0.6 is 15.9 Å². The lowest BCUT2D eigenvalue weighted by Gasteiger charge is -2.03. The molecule has 6 nitrogen and oxygen atoms in total. The molecule has 3 rings (SSSR count). The molecule has 3 aromatic rings. The first-order valence-corrected chi connectivity index (χ1v) is 7.06. The van der Waals surface area contributed by atoms with E-state index in [9.17, 15) is 4.79 Å². The minimum absolute atomic E-state index is 0.162. The third-order valence-corrected chi connectivity index (χ3v) is 3.60. The maximum absolute atomic E-state index is 11.9. The Bertz CT molecular complexity index is 927. The number of hydrogen-bond acceptors (Lipinski definition) is 5. The van der Waals surface area contributed by atoms with Crippen molar-refractivity contribution in [3.8, 4) is 11.8 Å². The highest BCUT2D eigenvalue weighted by Gasteiger charge is 2.19. The summed E-state index contributed by atoms with van der Waals surface area (Å²) in [5, 5.41) is 13.9. The summed E-state index contributed by atoms with van der Waals surface area (Å²) in [4.78, 5) is 15.9. The van der Waals surface area contributed by atoms with Crippen molar-refractivity contribution in [3.63, 3.8) is 0 Å². The molecule has 0 saturated carbocycles. The topological polar surface area (TPSA) is 80.8 Å². The van der Waals surface area contributed by atoms with Gasteiger partial charge in [-0.3, -0.25) is 0 Å². The summed E-state index contributed by atoms with van der Waals surface area (Å²) in [6.07, 6.45) is 1.46. The second-order valence-electron chi connectivity index (χ2n) is 4.43. The monoisotopic (exact) mass is 356 g/mol. The Hall–Kier alpha value is -2.72. The molecule has 1 aromatic carbocycles. The smallest absolute Gasteiger partial charge is 0.359 e. The van der Waals surface area contributed by atoms with E-state index in [1.54, 1.807) is 10.7 Å². The first-order valence-electron chi connectivity index (χ1n) is 6.27. The van der Waals surface area contributed by atoms with Crippen LogP contribution in [0.25, 0.3) is 16.6 Å². The van der Waals surface area contributed by atoms with Crippen molar-refractivity contribution in [2.45, 2.75) is 0 Å². The van der Waals surface area contributed by atoms with Crippen molar-refractivity contribution in [3.05, 3.63) is 52.4 Å². The van der Waals surface area contributed by atoms with Gasteiger partial charge in [-0.15, -0.1) is 0 Å². The highest BCUT2D eigenvalue weighted by atomic mass is 79.9. The molecule has 0 unspecified atom stereocenters. The van der Waals surface area contributed by atoms with Crippen molar-refractivity contribution in [2.24, 2.45) is 0 Å². The van der Waals surface area contributed by atoms with Crippen LogP contribution in [0.5, 0.6) is 0 Å². The molecule has 0 radical (unpaired) electrons. The molecular weight excluding hydrogens is 348 g/mol. The predicted octanol–water partition coefficient (Wildman–Crippen LogP) is 2.84. The van der Waals surface area contributed by atoms with Gasteiger partial charge in [0.05, 0.1) is 23.7 Å². The van der Waals surface area contributed by atoms with Crippen LogP contribution in [0.4, 0.5) is 0 Å². The van der Waals surface area contributed by atoms with Crippen LogP contribution in [0.2, 0.25) is 0 Å². The number of halogens is 1. The minimum atomic E-state index is -0.551. The largest absolute Gasteiger partial charge is 0.464 e. The number of rotatable bonds is 2. The molecule has 2 heterocycles. The van der Waals surface area contributed by atoms with E-state index in [4.69, 9.17) is 10.00 Å². The minimum Gasteiger partial charge on any atom is -0.464 e. The summed E-state index contributed by atoms with van der Waals surface area (Å²) >= 11 is 3.40. The van der Waals surface area contributed by atoms with Crippen molar-refractivity contribution in [1.29, 1.82) is 5.26 Å². The zero-order chi connectivity index (χ0) is 15.7. The van der Waals surface area contributed by atoms with Crippen molar-refractivity contribution < 1.29 is 9.53 Å². The van der Waals surface area contributed by atoms with E-state index in [1.165, 1.54) is 13.3 Å². The molecule has 0 saturated heterocycles. The Morgan fingerprint density at radius 2 is 2.23 bits per heavy atom. The summed E-state index contributed by atoms with van der Waals surface area (Å²) in [5.74, 6) is -0.551. The van der Waals surface area contributed by atoms with Crippen LogP contribution in [-0.4, -0.2) is 27.8 Å². The first-order chi connectivity index (χ1) is 10.6. The molecule has 0 N–H and O–H groups in total. The van der Waals surface area contributed by atoms with Gasteiger partial charge in [0, 0.05) is 16.7 Å². The van der Waals surface area contributed by atoms with Crippen molar-refractivity contribution in [1.82, 2.24) is 14.8 Å². The SMILES string of the molecule is COC(=O)c1nn(-c2cccc(Br)c2)c2cc(C#N)ncc12. The summed E-state index contributed by atoms with van der Waals surface area (Å²) in [6, 6.07) is 11.0. The first kappa shape index (κ1) is 14.2. The fourth-order valence-corrected chi connectivity index (χ4v) is 2.51. The lowest BCUT2D eigenvalue weighted by Crippen LogP contribution is -2.04. The summed E-state index contributed by atoms with van der Waals surface area (Å²) < 4.78 is 7.23. The summed E-state index contributed by atoms with van der Waals surface area (Å²) in [5.41, 5.74) is 1.78. The fourth-order valence-electron chi connectivity index (χ4n) is 2.12. The fraction of sp³-hybridized carbons (Fsp3) is 0.0667. The average Bonchev–Trinajstić information content (AvgIpc) is 2.92. The molecule has 22 heavy (non-hydrogen) atoms. The number of esters is 1. The molecule has 0 aliphatic carbocycles.